The monoisotopic (exact) mass is 428 g/mol. The van der Waals surface area contributed by atoms with Crippen molar-refractivity contribution in [3.8, 4) is 0 Å². The van der Waals surface area contributed by atoms with Crippen LogP contribution in [-0.4, -0.2) is 50.8 Å². The fraction of sp³-hybridized carbons (Fsp3) is 0.440. The largest absolute Gasteiger partial charge is 0.445 e. The smallest absolute Gasteiger partial charge is 0.409 e. The summed E-state index contributed by atoms with van der Waals surface area (Å²) in [6, 6.07) is 17.4. The van der Waals surface area contributed by atoms with Gasteiger partial charge >= 0.3 is 6.09 Å². The summed E-state index contributed by atoms with van der Waals surface area (Å²) in [6.07, 6.45) is -0.412. The van der Waals surface area contributed by atoms with Gasteiger partial charge in [-0.25, -0.2) is 4.79 Å². The maximum absolute atomic E-state index is 12.5. The average molecular weight is 429 g/mol. The van der Waals surface area contributed by atoms with Crippen molar-refractivity contribution in [2.45, 2.75) is 39.7 Å². The van der Waals surface area contributed by atoms with Crippen LogP contribution < -0.4 is 5.32 Å². The summed E-state index contributed by atoms with van der Waals surface area (Å²) in [4.78, 5) is 26.1. The summed E-state index contributed by atoms with van der Waals surface area (Å²) < 4.78 is 11.1. The number of carbonyl (C=O) groups is 2. The van der Waals surface area contributed by atoms with E-state index in [9.17, 15) is 9.59 Å². The van der Waals surface area contributed by atoms with E-state index < -0.39 is 11.5 Å². The van der Waals surface area contributed by atoms with Gasteiger partial charge in [0, 0.05) is 20.6 Å². The Morgan fingerprint density at radius 3 is 2.35 bits per heavy atom. The van der Waals surface area contributed by atoms with E-state index in [1.54, 1.807) is 14.1 Å². The number of ether oxygens (including phenoxy) is 2. The van der Waals surface area contributed by atoms with E-state index in [-0.39, 0.29) is 19.1 Å². The molecule has 0 saturated carbocycles. The van der Waals surface area contributed by atoms with Gasteiger partial charge in [0.15, 0.2) is 0 Å². The van der Waals surface area contributed by atoms with E-state index in [1.165, 1.54) is 4.90 Å². The molecule has 0 aliphatic heterocycles. The Bertz CT molecular complexity index is 810. The van der Waals surface area contributed by atoms with Crippen LogP contribution in [0.5, 0.6) is 0 Å². The van der Waals surface area contributed by atoms with Crippen molar-refractivity contribution in [1.29, 1.82) is 0 Å². The van der Waals surface area contributed by atoms with Crippen LogP contribution in [0.15, 0.2) is 54.6 Å². The molecule has 0 aliphatic carbocycles. The van der Waals surface area contributed by atoms with Gasteiger partial charge in [-0.15, -0.1) is 0 Å². The normalized spacial score (nSPS) is 12.1. The van der Waals surface area contributed by atoms with Crippen molar-refractivity contribution in [3.63, 3.8) is 0 Å². The molecule has 2 rings (SSSR count). The number of nitrogens with one attached hydrogen (secondary N) is 1. The van der Waals surface area contributed by atoms with E-state index in [0.717, 1.165) is 16.7 Å². The Morgan fingerprint density at radius 1 is 1.06 bits per heavy atom. The number of amides is 2. The van der Waals surface area contributed by atoms with Gasteiger partial charge in [0.1, 0.15) is 6.61 Å². The average Bonchev–Trinajstić information content (AvgIpc) is 2.81. The Kier molecular flexibility index (Phi) is 11.4. The van der Waals surface area contributed by atoms with E-state index in [1.807, 2.05) is 82.3 Å². The highest BCUT2D eigenvalue weighted by Gasteiger charge is 2.35. The number of hydrogen-bond donors (Lipinski definition) is 1. The summed E-state index contributed by atoms with van der Waals surface area (Å²) >= 11 is 0. The molecule has 0 spiro atoms. The minimum absolute atomic E-state index is 0.112. The molecule has 0 saturated heterocycles. The first kappa shape index (κ1) is 26.2. The second-order valence-electron chi connectivity index (χ2n) is 7.30. The molecule has 2 aromatic rings. The van der Waals surface area contributed by atoms with Gasteiger partial charge in [0.2, 0.25) is 5.91 Å². The predicted molar refractivity (Wildman–Crippen MR) is 124 cm³/mol. The Hall–Kier alpha value is -2.86. The fourth-order valence-electron chi connectivity index (χ4n) is 2.94. The van der Waals surface area contributed by atoms with Crippen LogP contribution in [0.3, 0.4) is 0 Å². The van der Waals surface area contributed by atoms with Crippen LogP contribution in [0.25, 0.3) is 0 Å². The highest BCUT2D eigenvalue weighted by atomic mass is 16.6. The van der Waals surface area contributed by atoms with E-state index >= 15 is 0 Å². The highest BCUT2D eigenvalue weighted by molar-refractivity contribution is 5.87. The number of nitrogens with zero attached hydrogens (tertiary/aromatic N) is 1. The number of rotatable bonds is 9. The van der Waals surface area contributed by atoms with Crippen LogP contribution in [0.2, 0.25) is 0 Å². The van der Waals surface area contributed by atoms with Crippen LogP contribution in [0.1, 0.15) is 37.5 Å². The molecule has 2 amide bonds. The van der Waals surface area contributed by atoms with Crippen molar-refractivity contribution >= 4 is 12.0 Å². The fourth-order valence-corrected chi connectivity index (χ4v) is 2.94. The second kappa shape index (κ2) is 13.4. The van der Waals surface area contributed by atoms with Gasteiger partial charge in [-0.2, -0.15) is 0 Å². The number of aryl methyl sites for hydroxylation is 1. The van der Waals surface area contributed by atoms with Gasteiger partial charge in [-0.3, -0.25) is 4.79 Å². The zero-order valence-corrected chi connectivity index (χ0v) is 19.6. The first-order valence-corrected chi connectivity index (χ1v) is 10.7. The van der Waals surface area contributed by atoms with Gasteiger partial charge < -0.3 is 19.7 Å². The summed E-state index contributed by atoms with van der Waals surface area (Å²) in [5, 5.41) is 2.72. The van der Waals surface area contributed by atoms with Crippen LogP contribution >= 0.6 is 0 Å². The molecule has 0 aromatic heterocycles. The SMILES string of the molecule is CC.CNC(=O)C(C)(COCCN(C)C(=O)OCc1ccccc1)c1cccc(C)c1. The lowest BCUT2D eigenvalue weighted by atomic mass is 9.81. The predicted octanol–water partition coefficient (Wildman–Crippen LogP) is 4.31. The molecule has 1 unspecified atom stereocenters. The van der Waals surface area contributed by atoms with E-state index in [2.05, 4.69) is 5.32 Å². The Labute approximate surface area is 186 Å². The molecule has 170 valence electrons. The maximum atomic E-state index is 12.5. The number of benzene rings is 2. The minimum Gasteiger partial charge on any atom is -0.445 e. The number of likely N-dealkylation sites (N-methyl/N-ethyl adjacent to an activating group) is 2. The van der Waals surface area contributed by atoms with Crippen molar-refractivity contribution in [2.75, 3.05) is 33.9 Å². The zero-order valence-electron chi connectivity index (χ0n) is 19.6. The molecule has 6 nitrogen and oxygen atoms in total. The topological polar surface area (TPSA) is 67.9 Å². The highest BCUT2D eigenvalue weighted by Crippen LogP contribution is 2.25. The van der Waals surface area contributed by atoms with Crippen molar-refractivity contribution < 1.29 is 19.1 Å². The molecule has 6 heteroatoms. The van der Waals surface area contributed by atoms with Crippen LogP contribution in [-0.2, 0) is 26.3 Å². The van der Waals surface area contributed by atoms with Crippen molar-refractivity contribution in [1.82, 2.24) is 10.2 Å². The van der Waals surface area contributed by atoms with Gasteiger partial charge in [0.05, 0.1) is 18.6 Å². The lowest BCUT2D eigenvalue weighted by Crippen LogP contribution is -2.44. The van der Waals surface area contributed by atoms with E-state index in [0.29, 0.717) is 13.2 Å². The molecule has 1 N–H and O–H groups in total. The molecule has 0 radical (unpaired) electrons. The zero-order chi connectivity index (χ0) is 23.3. The molecule has 31 heavy (non-hydrogen) atoms. The van der Waals surface area contributed by atoms with Crippen LogP contribution in [0, 0.1) is 6.92 Å². The lowest BCUT2D eigenvalue weighted by molar-refractivity contribution is -0.128. The third-order valence-corrected chi connectivity index (χ3v) is 4.86. The number of hydrogen-bond acceptors (Lipinski definition) is 4. The summed E-state index contributed by atoms with van der Waals surface area (Å²) in [6.45, 7) is 8.96. The summed E-state index contributed by atoms with van der Waals surface area (Å²) in [7, 11) is 3.28. The van der Waals surface area contributed by atoms with Gasteiger partial charge in [0.25, 0.3) is 0 Å². The van der Waals surface area contributed by atoms with Gasteiger partial charge in [-0.05, 0) is 25.0 Å². The molecular weight excluding hydrogens is 392 g/mol. The summed E-state index contributed by atoms with van der Waals surface area (Å²) in [5.74, 6) is -0.112. The summed E-state index contributed by atoms with van der Waals surface area (Å²) in [5.41, 5.74) is 2.10. The minimum atomic E-state index is -0.812. The molecule has 1 atom stereocenters. The number of carbonyl (C=O) groups excluding carboxylic acids is 2. The Morgan fingerprint density at radius 2 is 1.74 bits per heavy atom. The third-order valence-electron chi connectivity index (χ3n) is 4.86. The lowest BCUT2D eigenvalue weighted by Gasteiger charge is -2.28. The molecule has 0 bridgehead atoms. The molecule has 0 aliphatic rings. The maximum Gasteiger partial charge on any atom is 0.409 e. The molecule has 0 heterocycles. The van der Waals surface area contributed by atoms with E-state index in [4.69, 9.17) is 9.47 Å². The second-order valence-corrected chi connectivity index (χ2v) is 7.30. The van der Waals surface area contributed by atoms with Crippen LogP contribution in [0.4, 0.5) is 4.79 Å². The molecule has 0 fully saturated rings. The van der Waals surface area contributed by atoms with Crippen molar-refractivity contribution in [2.24, 2.45) is 0 Å². The molecule has 2 aromatic carbocycles. The molecular formula is C25H36N2O4. The van der Waals surface area contributed by atoms with Crippen molar-refractivity contribution in [3.05, 3.63) is 71.3 Å². The quantitative estimate of drug-likeness (QED) is 0.605. The van der Waals surface area contributed by atoms with Gasteiger partial charge in [-0.1, -0.05) is 74.0 Å². The first-order chi connectivity index (χ1) is 14.9. The standard InChI is InChI=1S/C23H30N2O4.C2H6/c1-18-9-8-12-20(15-18)23(2,21(26)24-3)17-28-14-13-25(4)22(27)29-16-19-10-6-5-7-11-19;1-2/h5-12,15H,13-14,16-17H2,1-4H3,(H,24,26);1-2H3. The third kappa shape index (κ3) is 8.06. The first-order valence-electron chi connectivity index (χ1n) is 10.7. The Balaban J connectivity index is 0.00000233.